The van der Waals surface area contributed by atoms with Crippen molar-refractivity contribution in [1.29, 1.82) is 0 Å². The van der Waals surface area contributed by atoms with Crippen LogP contribution in [0.1, 0.15) is 172 Å². The van der Waals surface area contributed by atoms with Gasteiger partial charge in [0.25, 0.3) is 27.8 Å². The first-order valence-corrected chi connectivity index (χ1v) is 44.8. The van der Waals surface area contributed by atoms with Gasteiger partial charge in [0.1, 0.15) is 56.7 Å². The molecule has 0 unspecified atom stereocenters. The number of fused-ring (bicyclic) bond motifs is 5. The number of nitrogens with zero attached hydrogens (tertiary/aromatic N) is 12. The van der Waals surface area contributed by atoms with Crippen molar-refractivity contribution in [2.45, 2.75) is 215 Å². The summed E-state index contributed by atoms with van der Waals surface area (Å²) in [7, 11) is 3.88. The topological polar surface area (TPSA) is 318 Å². The van der Waals surface area contributed by atoms with E-state index in [2.05, 4.69) is 78.5 Å². The highest BCUT2D eigenvalue weighted by atomic mass is 35.5. The van der Waals surface area contributed by atoms with Crippen LogP contribution in [0.5, 0.6) is 28.7 Å². The molecule has 5 aromatic carbocycles. The Kier molecular flexibility index (Phi) is 31.5. The maximum atomic E-state index is 13.2. The number of hydrogen-bond donors (Lipinski definition) is 8. The first-order valence-electron chi connectivity index (χ1n) is 41.0. The molecule has 35 heteroatoms. The van der Waals surface area contributed by atoms with Gasteiger partial charge >= 0.3 is 0 Å². The van der Waals surface area contributed by atoms with E-state index in [9.17, 15) is 49.5 Å². The van der Waals surface area contributed by atoms with Crippen molar-refractivity contribution < 1.29 is 25.5 Å². The second kappa shape index (κ2) is 40.9. The first-order chi connectivity index (χ1) is 57.0. The first kappa shape index (κ1) is 91.7. The van der Waals surface area contributed by atoms with E-state index in [-0.39, 0.29) is 161 Å². The Morgan fingerprint density at radius 2 is 0.630 bits per heavy atom. The Bertz CT molecular complexity index is 5740. The molecule has 0 aliphatic heterocycles. The summed E-state index contributed by atoms with van der Waals surface area (Å²) in [5.41, 5.74) is -0.134. The van der Waals surface area contributed by atoms with Crippen molar-refractivity contribution >= 4 is 171 Å². The number of halogens is 10. The summed E-state index contributed by atoms with van der Waals surface area (Å²) in [6.45, 7) is 17.5. The van der Waals surface area contributed by atoms with Crippen LogP contribution in [0.4, 0.5) is 0 Å². The summed E-state index contributed by atoms with van der Waals surface area (Å²) in [5.74, 6) is 4.81. The highest BCUT2D eigenvalue weighted by Crippen LogP contribution is 2.43. The van der Waals surface area contributed by atoms with Gasteiger partial charge in [0, 0.05) is 38.8 Å². The fourth-order valence-electron chi connectivity index (χ4n) is 14.9. The van der Waals surface area contributed by atoms with Gasteiger partial charge in [0.15, 0.2) is 28.7 Å². The van der Waals surface area contributed by atoms with Crippen LogP contribution in [0.3, 0.4) is 0 Å². The molecule has 642 valence electrons. The molecule has 6 aliphatic carbocycles. The SMILES string of the molecule is CCCN(CCC)Cc1nc2c(O)c(Cl)cc(Cl)c2c(=O)n1CC1CC1.CCCNCc1nc2c(O)c(Cl)cc(Cl)c2c(=O)n1CC1CC1.CCNCc1nc2c(O)c(Cl)cc(Cl)c2c(=O)n1CC1CC1.CN(Cc1nc2c(O)c(Cl)cc(Cl)c2c(=O)n1CC1CC1)C1CCCCC1.CNCc1nc2c(O)c(Cl)cc(Cl)c2c(=O)n1CC1CC1. The van der Waals surface area contributed by atoms with Gasteiger partial charge in [-0.2, -0.15) is 0 Å². The molecule has 10 aromatic rings. The average molecular weight is 1840 g/mol. The molecule has 0 atom stereocenters. The number of phenols is 5. The van der Waals surface area contributed by atoms with Crippen LogP contribution in [-0.4, -0.2) is 129 Å². The number of aromatic nitrogens is 10. The third-order valence-electron chi connectivity index (χ3n) is 22.3. The second-order valence-electron chi connectivity index (χ2n) is 32.0. The molecule has 6 saturated carbocycles. The van der Waals surface area contributed by atoms with E-state index in [1.807, 2.05) is 6.92 Å². The molecular weight excluding hydrogens is 1730 g/mol. The maximum Gasteiger partial charge on any atom is 0.263 e. The van der Waals surface area contributed by atoms with Crippen molar-refractivity contribution in [3.63, 3.8) is 0 Å². The van der Waals surface area contributed by atoms with Gasteiger partial charge < -0.3 is 41.5 Å². The van der Waals surface area contributed by atoms with E-state index in [0.29, 0.717) is 130 Å². The summed E-state index contributed by atoms with van der Waals surface area (Å²) >= 11 is 60.9. The van der Waals surface area contributed by atoms with E-state index in [1.54, 1.807) is 29.9 Å². The Morgan fingerprint density at radius 3 is 0.899 bits per heavy atom. The summed E-state index contributed by atoms with van der Waals surface area (Å²) in [6.07, 6.45) is 20.5. The van der Waals surface area contributed by atoms with Crippen LogP contribution in [0.15, 0.2) is 54.3 Å². The molecule has 16 rings (SSSR count). The summed E-state index contributed by atoms with van der Waals surface area (Å²) in [5, 5.41) is 63.3. The van der Waals surface area contributed by atoms with E-state index in [1.165, 1.54) is 62.4 Å². The van der Waals surface area contributed by atoms with Crippen molar-refractivity contribution in [3.8, 4) is 28.7 Å². The third-order valence-corrected chi connectivity index (χ3v) is 25.2. The zero-order valence-electron chi connectivity index (χ0n) is 67.4. The molecule has 5 aromatic heterocycles. The normalized spacial score (nSPS) is 15.5. The Balaban J connectivity index is 0.000000137. The van der Waals surface area contributed by atoms with Crippen molar-refractivity contribution in [1.82, 2.24) is 73.5 Å². The smallest absolute Gasteiger partial charge is 0.263 e. The molecule has 0 saturated heterocycles. The number of phenolic OH excluding ortho intramolecular Hbond substituents is 5. The van der Waals surface area contributed by atoms with Gasteiger partial charge in [-0.25, -0.2) is 24.9 Å². The summed E-state index contributed by atoms with van der Waals surface area (Å²) in [6, 6.07) is 7.49. The molecule has 8 N–H and O–H groups in total. The lowest BCUT2D eigenvalue weighted by Gasteiger charge is -2.31. The van der Waals surface area contributed by atoms with Crippen LogP contribution in [0.25, 0.3) is 54.5 Å². The van der Waals surface area contributed by atoms with Crippen molar-refractivity contribution in [2.75, 3.05) is 40.3 Å². The lowest BCUT2D eigenvalue weighted by molar-refractivity contribution is 0.178. The number of nitrogens with one attached hydrogen (secondary N) is 3. The molecule has 6 aliphatic rings. The third kappa shape index (κ3) is 22.0. The minimum Gasteiger partial charge on any atom is -0.504 e. The molecule has 0 spiro atoms. The Labute approximate surface area is 738 Å². The fourth-order valence-corrected chi connectivity index (χ4v) is 17.6. The highest BCUT2D eigenvalue weighted by molar-refractivity contribution is 6.42. The largest absolute Gasteiger partial charge is 0.504 e. The van der Waals surface area contributed by atoms with Crippen molar-refractivity contribution in [2.24, 2.45) is 29.6 Å². The average Bonchev–Trinajstić information content (AvgIpc) is 1.77. The Morgan fingerprint density at radius 1 is 0.361 bits per heavy atom. The molecule has 119 heavy (non-hydrogen) atoms. The number of rotatable bonds is 28. The van der Waals surface area contributed by atoms with Crippen LogP contribution in [0, 0.1) is 29.6 Å². The summed E-state index contributed by atoms with van der Waals surface area (Å²) in [4.78, 5) is 92.1. The van der Waals surface area contributed by atoms with Crippen LogP contribution < -0.4 is 43.7 Å². The predicted molar refractivity (Wildman–Crippen MR) is 478 cm³/mol. The van der Waals surface area contributed by atoms with Gasteiger partial charge in [-0.3, -0.25) is 56.6 Å². The fraction of sp³-hybridized carbons (Fsp3) is 0.524. The maximum absolute atomic E-state index is 13.2. The minimum atomic E-state index is -0.228. The lowest BCUT2D eigenvalue weighted by Crippen LogP contribution is -2.36. The summed E-state index contributed by atoms with van der Waals surface area (Å²) < 4.78 is 8.51. The molecular formula is C84H101Cl10N15O10. The lowest BCUT2D eigenvalue weighted by atomic mass is 9.94. The van der Waals surface area contributed by atoms with Crippen molar-refractivity contribution in [3.05, 3.63) is 161 Å². The van der Waals surface area contributed by atoms with Gasteiger partial charge in [0.2, 0.25) is 0 Å². The number of aromatic hydroxyl groups is 5. The zero-order valence-corrected chi connectivity index (χ0v) is 75.0. The van der Waals surface area contributed by atoms with E-state index in [4.69, 9.17) is 116 Å². The molecule has 0 radical (unpaired) electrons. The number of benzene rings is 5. The van der Waals surface area contributed by atoms with Crippen LogP contribution >= 0.6 is 116 Å². The van der Waals surface area contributed by atoms with Crippen LogP contribution in [-0.2, 0) is 65.4 Å². The van der Waals surface area contributed by atoms with E-state index in [0.717, 1.165) is 110 Å². The molecule has 25 nitrogen and oxygen atoms in total. The Hall–Kier alpha value is -6.50. The zero-order chi connectivity index (χ0) is 85.5. The van der Waals surface area contributed by atoms with Gasteiger partial charge in [-0.1, -0.05) is 163 Å². The second-order valence-corrected chi connectivity index (χ2v) is 36.0. The van der Waals surface area contributed by atoms with E-state index >= 15 is 0 Å². The molecule has 5 heterocycles. The van der Waals surface area contributed by atoms with Gasteiger partial charge in [-0.05, 0) is 197 Å². The number of hydrogen-bond acceptors (Lipinski definition) is 20. The standard InChI is InChI=1S/C20H25Cl2N3O2.C19H25Cl2N3O2.C16H19Cl2N3O2.C15H17Cl2N3O2.C14H15Cl2N3O2/c1-24(13-5-3-2-4-6-13)11-16-23-18-17(14(21)9-15(22)19(18)26)20(27)25(16)10-12-7-8-12;1-3-7-23(8-4-2)11-15-22-17-16(13(20)9-14(21)18(17)25)19(26)24(15)10-12-5-6-12;1-2-5-19-7-12-20-14-13(10(17)6-11(18)15(14)22)16(23)21(12)8-9-3-4-9;1-2-18-6-11-19-13-12(9(16)5-10(17)14(13)21)15(22)20(11)7-8-3-4-8;1-17-5-10-18-12-11(8(15)4-9(16)13(12)20)14(21)19(10)6-7-2-3-7/h9,12-13,26H,2-8,10-11H2,1H3;9,12,25H,3-8,10-11H2,1-2H3;6,9,19,22H,2-5,7-8H2,1H3;5,8,18,21H,2-4,6-7H2,1H3;4,7,17,20H,2-3,5-6H2,1H3. The van der Waals surface area contributed by atoms with E-state index < -0.39 is 0 Å². The molecule has 0 bridgehead atoms. The predicted octanol–water partition coefficient (Wildman–Crippen LogP) is 17.8. The van der Waals surface area contributed by atoms with Gasteiger partial charge in [-0.15, -0.1) is 0 Å². The monoisotopic (exact) mass is 1830 g/mol. The highest BCUT2D eigenvalue weighted by Gasteiger charge is 2.33. The van der Waals surface area contributed by atoms with Gasteiger partial charge in [0.05, 0.1) is 110 Å². The van der Waals surface area contributed by atoms with Crippen LogP contribution in [0.2, 0.25) is 50.2 Å². The minimum absolute atomic E-state index is 0.0924. The molecule has 6 fully saturated rings. The molecule has 0 amide bonds. The quantitative estimate of drug-likeness (QED) is 0.0211.